The van der Waals surface area contributed by atoms with Gasteiger partial charge >= 0.3 is 5.97 Å². The second-order valence-electron chi connectivity index (χ2n) is 6.61. The normalized spacial score (nSPS) is 11.8. The average molecular weight is 384 g/mol. The van der Waals surface area contributed by atoms with Gasteiger partial charge in [-0.1, -0.05) is 18.2 Å². The Labute approximate surface area is 166 Å². The van der Waals surface area contributed by atoms with E-state index in [1.54, 1.807) is 55.5 Å². The van der Waals surface area contributed by atoms with Crippen LogP contribution in [0.15, 0.2) is 54.6 Å². The number of anilines is 1. The highest BCUT2D eigenvalue weighted by Gasteiger charge is 2.29. The van der Waals surface area contributed by atoms with Gasteiger partial charge in [0.15, 0.2) is 0 Å². The van der Waals surface area contributed by atoms with Crippen LogP contribution in [0.3, 0.4) is 0 Å². The number of carbonyl (C=O) groups excluding carboxylic acids is 2. The summed E-state index contributed by atoms with van der Waals surface area (Å²) in [7, 11) is 3.81. The Morgan fingerprint density at radius 3 is 2.21 bits per heavy atom. The lowest BCUT2D eigenvalue weighted by atomic mass is 10.1. The van der Waals surface area contributed by atoms with Crippen LogP contribution < -0.4 is 9.64 Å². The Morgan fingerprint density at radius 2 is 1.64 bits per heavy atom. The van der Waals surface area contributed by atoms with Gasteiger partial charge in [0.2, 0.25) is 0 Å². The molecule has 0 fully saturated rings. The average Bonchev–Trinajstić information content (AvgIpc) is 2.69. The van der Waals surface area contributed by atoms with E-state index in [1.807, 2.05) is 32.0 Å². The van der Waals surface area contributed by atoms with Crippen LogP contribution in [0.4, 0.5) is 5.69 Å². The maximum atomic E-state index is 13.2. The number of esters is 1. The van der Waals surface area contributed by atoms with Crippen LogP contribution in [0.5, 0.6) is 5.75 Å². The summed E-state index contributed by atoms with van der Waals surface area (Å²) in [4.78, 5) is 29.1. The highest BCUT2D eigenvalue weighted by molar-refractivity contribution is 6.09. The van der Waals surface area contributed by atoms with E-state index in [1.165, 1.54) is 4.90 Å². The Bertz CT molecular complexity index is 760. The van der Waals surface area contributed by atoms with Crippen molar-refractivity contribution in [2.24, 2.45) is 0 Å². The minimum atomic E-state index is -0.771. The van der Waals surface area contributed by atoms with Crippen molar-refractivity contribution in [1.82, 2.24) is 4.90 Å². The molecule has 6 heteroatoms. The van der Waals surface area contributed by atoms with Crippen LogP contribution in [0.2, 0.25) is 0 Å². The van der Waals surface area contributed by atoms with Crippen molar-refractivity contribution >= 4 is 17.6 Å². The molecule has 0 saturated carbocycles. The fourth-order valence-electron chi connectivity index (χ4n) is 2.66. The van der Waals surface area contributed by atoms with Crippen LogP contribution in [0.25, 0.3) is 0 Å². The van der Waals surface area contributed by atoms with E-state index in [-0.39, 0.29) is 12.5 Å². The molecule has 6 nitrogen and oxygen atoms in total. The van der Waals surface area contributed by atoms with Gasteiger partial charge in [-0.15, -0.1) is 0 Å². The molecular weight excluding hydrogens is 356 g/mol. The van der Waals surface area contributed by atoms with E-state index in [0.717, 1.165) is 0 Å². The summed E-state index contributed by atoms with van der Waals surface area (Å²) in [6.45, 7) is 5.03. The SMILES string of the molecule is CCOc1ccc(N(C(=O)c2ccccc2)[C@@H](C)C(=O)OCCN(C)C)cc1. The van der Waals surface area contributed by atoms with Crippen LogP contribution in [0, 0.1) is 0 Å². The summed E-state index contributed by atoms with van der Waals surface area (Å²) in [5, 5.41) is 0. The molecule has 0 N–H and O–H groups in total. The zero-order chi connectivity index (χ0) is 20.5. The minimum absolute atomic E-state index is 0.262. The largest absolute Gasteiger partial charge is 0.494 e. The zero-order valence-electron chi connectivity index (χ0n) is 16.9. The Balaban J connectivity index is 2.27. The predicted molar refractivity (Wildman–Crippen MR) is 110 cm³/mol. The zero-order valence-corrected chi connectivity index (χ0v) is 16.9. The van der Waals surface area contributed by atoms with Crippen molar-refractivity contribution in [3.05, 3.63) is 60.2 Å². The number of amides is 1. The van der Waals surface area contributed by atoms with E-state index in [0.29, 0.717) is 30.2 Å². The summed E-state index contributed by atoms with van der Waals surface area (Å²) >= 11 is 0. The van der Waals surface area contributed by atoms with E-state index in [9.17, 15) is 9.59 Å². The van der Waals surface area contributed by atoms with E-state index in [4.69, 9.17) is 9.47 Å². The molecule has 0 saturated heterocycles. The number of carbonyl (C=O) groups is 2. The molecule has 1 amide bonds. The molecule has 0 heterocycles. The van der Waals surface area contributed by atoms with Gasteiger partial charge in [-0.25, -0.2) is 4.79 Å². The number of likely N-dealkylation sites (N-methyl/N-ethyl adjacent to an activating group) is 1. The maximum Gasteiger partial charge on any atom is 0.329 e. The number of ether oxygens (including phenoxy) is 2. The van der Waals surface area contributed by atoms with Crippen molar-refractivity contribution in [2.45, 2.75) is 19.9 Å². The Morgan fingerprint density at radius 1 is 1.00 bits per heavy atom. The molecule has 0 bridgehead atoms. The molecular formula is C22H28N2O4. The van der Waals surface area contributed by atoms with Gasteiger partial charge in [0.25, 0.3) is 5.91 Å². The third-order valence-corrected chi connectivity index (χ3v) is 4.18. The molecule has 2 aromatic rings. The van der Waals surface area contributed by atoms with Gasteiger partial charge in [-0.3, -0.25) is 9.69 Å². The summed E-state index contributed by atoms with van der Waals surface area (Å²) in [5.41, 5.74) is 1.11. The van der Waals surface area contributed by atoms with Crippen molar-refractivity contribution in [3.8, 4) is 5.75 Å². The fourth-order valence-corrected chi connectivity index (χ4v) is 2.66. The lowest BCUT2D eigenvalue weighted by molar-refractivity contribution is -0.145. The molecule has 0 unspecified atom stereocenters. The fraction of sp³-hybridized carbons (Fsp3) is 0.364. The van der Waals surface area contributed by atoms with Gasteiger partial charge in [0, 0.05) is 17.8 Å². The second-order valence-corrected chi connectivity index (χ2v) is 6.61. The summed E-state index contributed by atoms with van der Waals surface area (Å²) in [5.74, 6) is 0.00130. The first-order valence-electron chi connectivity index (χ1n) is 9.37. The van der Waals surface area contributed by atoms with Crippen LogP contribution >= 0.6 is 0 Å². The van der Waals surface area contributed by atoms with Crippen LogP contribution in [-0.4, -0.2) is 56.7 Å². The Hall–Kier alpha value is -2.86. The molecule has 28 heavy (non-hydrogen) atoms. The van der Waals surface area contributed by atoms with Gasteiger partial charge in [0.05, 0.1) is 6.61 Å². The van der Waals surface area contributed by atoms with E-state index < -0.39 is 12.0 Å². The van der Waals surface area contributed by atoms with Crippen LogP contribution in [0.1, 0.15) is 24.2 Å². The molecule has 2 rings (SSSR count). The lowest BCUT2D eigenvalue weighted by Crippen LogP contribution is -2.44. The topological polar surface area (TPSA) is 59.1 Å². The van der Waals surface area contributed by atoms with Gasteiger partial charge in [0.1, 0.15) is 18.4 Å². The quantitative estimate of drug-likeness (QED) is 0.621. The number of hydrogen-bond donors (Lipinski definition) is 0. The number of nitrogens with zero attached hydrogens (tertiary/aromatic N) is 2. The molecule has 0 aliphatic carbocycles. The first kappa shape index (κ1) is 21.4. The highest BCUT2D eigenvalue weighted by atomic mass is 16.5. The third kappa shape index (κ3) is 5.82. The number of benzene rings is 2. The predicted octanol–water partition coefficient (Wildman–Crippen LogP) is 3.23. The molecule has 1 atom stereocenters. The molecule has 150 valence electrons. The standard InChI is InChI=1S/C22H28N2O4/c1-5-27-20-13-11-19(12-14-20)24(21(25)18-9-7-6-8-10-18)17(2)22(26)28-16-15-23(3)4/h6-14,17H,5,15-16H2,1-4H3/t17-/m0/s1. The number of rotatable bonds is 9. The molecule has 0 aromatic heterocycles. The van der Waals surface area contributed by atoms with Crippen molar-refractivity contribution in [3.63, 3.8) is 0 Å². The molecule has 0 aliphatic rings. The third-order valence-electron chi connectivity index (χ3n) is 4.18. The van der Waals surface area contributed by atoms with E-state index >= 15 is 0 Å². The van der Waals surface area contributed by atoms with Crippen LogP contribution in [-0.2, 0) is 9.53 Å². The van der Waals surface area contributed by atoms with Crippen molar-refractivity contribution in [2.75, 3.05) is 38.8 Å². The summed E-state index contributed by atoms with van der Waals surface area (Å²) in [6.07, 6.45) is 0. The Kier molecular flexibility index (Phi) is 8.02. The smallest absolute Gasteiger partial charge is 0.329 e. The van der Waals surface area contributed by atoms with Gasteiger partial charge in [-0.2, -0.15) is 0 Å². The second kappa shape index (κ2) is 10.5. The van der Waals surface area contributed by atoms with Gasteiger partial charge in [-0.05, 0) is 64.3 Å². The summed E-state index contributed by atoms with van der Waals surface area (Å²) in [6, 6.07) is 15.2. The monoisotopic (exact) mass is 384 g/mol. The van der Waals surface area contributed by atoms with E-state index in [2.05, 4.69) is 0 Å². The molecule has 0 radical (unpaired) electrons. The van der Waals surface area contributed by atoms with Gasteiger partial charge < -0.3 is 14.4 Å². The van der Waals surface area contributed by atoms with Crippen molar-refractivity contribution < 1.29 is 19.1 Å². The maximum absolute atomic E-state index is 13.2. The molecule has 0 spiro atoms. The number of hydrogen-bond acceptors (Lipinski definition) is 5. The first-order chi connectivity index (χ1) is 13.4. The first-order valence-corrected chi connectivity index (χ1v) is 9.37. The highest BCUT2D eigenvalue weighted by Crippen LogP contribution is 2.24. The molecule has 2 aromatic carbocycles. The lowest BCUT2D eigenvalue weighted by Gasteiger charge is -2.28. The summed E-state index contributed by atoms with van der Waals surface area (Å²) < 4.78 is 10.8. The van der Waals surface area contributed by atoms with Crippen molar-refractivity contribution in [1.29, 1.82) is 0 Å². The minimum Gasteiger partial charge on any atom is -0.494 e. The molecule has 0 aliphatic heterocycles.